The number of thioether (sulfide) groups is 1. The van der Waals surface area contributed by atoms with Gasteiger partial charge in [0.15, 0.2) is 0 Å². The molecule has 2 rings (SSSR count). The first-order valence-electron chi connectivity index (χ1n) is 6.04. The van der Waals surface area contributed by atoms with Crippen LogP contribution >= 0.6 is 11.8 Å². The van der Waals surface area contributed by atoms with E-state index in [9.17, 15) is 4.79 Å². The lowest BCUT2D eigenvalue weighted by molar-refractivity contribution is -0.120. The van der Waals surface area contributed by atoms with Crippen LogP contribution in [0.3, 0.4) is 0 Å². The Balaban J connectivity index is 1.84. The minimum absolute atomic E-state index is 0.0116. The number of rotatable bonds is 5. The molecule has 0 radical (unpaired) electrons. The molecule has 0 aliphatic heterocycles. The van der Waals surface area contributed by atoms with Crippen LogP contribution in [0.15, 0.2) is 41.7 Å². The Kier molecular flexibility index (Phi) is 4.63. The van der Waals surface area contributed by atoms with Crippen LogP contribution in [0.2, 0.25) is 0 Å². The van der Waals surface area contributed by atoms with Crippen molar-refractivity contribution in [3.8, 4) is 0 Å². The number of aryl methyl sites for hydroxylation is 1. The highest BCUT2D eigenvalue weighted by Crippen LogP contribution is 2.14. The predicted octanol–water partition coefficient (Wildman–Crippen LogP) is 2.00. The van der Waals surface area contributed by atoms with Gasteiger partial charge >= 0.3 is 0 Å². The highest BCUT2D eigenvalue weighted by Gasteiger charge is 2.06. The van der Waals surface area contributed by atoms with Gasteiger partial charge in [-0.3, -0.25) is 4.79 Å². The number of hydrogen-bond acceptors (Lipinski definition) is 3. The van der Waals surface area contributed by atoms with Gasteiger partial charge in [-0.05, 0) is 24.0 Å². The number of hydrogen-bond donors (Lipinski definition) is 1. The van der Waals surface area contributed by atoms with Gasteiger partial charge in [-0.25, -0.2) is 4.98 Å². The Labute approximate surface area is 117 Å². The fourth-order valence-corrected chi connectivity index (χ4v) is 2.13. The Morgan fingerprint density at radius 3 is 2.68 bits per heavy atom. The van der Waals surface area contributed by atoms with E-state index in [-0.39, 0.29) is 5.91 Å². The smallest absolute Gasteiger partial charge is 0.226 e. The van der Waals surface area contributed by atoms with Gasteiger partial charge in [-0.1, -0.05) is 12.1 Å². The maximum Gasteiger partial charge on any atom is 0.226 e. The molecule has 0 saturated carbocycles. The number of benzene rings is 1. The zero-order valence-electron chi connectivity index (χ0n) is 11.1. The number of carbonyl (C=O) groups is 1. The Morgan fingerprint density at radius 2 is 2.11 bits per heavy atom. The SMILES string of the molecule is CSc1ccc(CNC(=O)Cc2cncn2C)cc1. The maximum absolute atomic E-state index is 11.8. The highest BCUT2D eigenvalue weighted by atomic mass is 32.2. The molecule has 1 heterocycles. The van der Waals surface area contributed by atoms with Crippen LogP contribution in [-0.4, -0.2) is 21.7 Å². The van der Waals surface area contributed by atoms with Gasteiger partial charge < -0.3 is 9.88 Å². The summed E-state index contributed by atoms with van der Waals surface area (Å²) in [5, 5.41) is 2.92. The largest absolute Gasteiger partial charge is 0.352 e. The highest BCUT2D eigenvalue weighted by molar-refractivity contribution is 7.98. The monoisotopic (exact) mass is 275 g/mol. The van der Waals surface area contributed by atoms with Gasteiger partial charge in [0.2, 0.25) is 5.91 Å². The zero-order valence-corrected chi connectivity index (χ0v) is 11.9. The van der Waals surface area contributed by atoms with Gasteiger partial charge in [-0.15, -0.1) is 11.8 Å². The van der Waals surface area contributed by atoms with E-state index in [2.05, 4.69) is 22.4 Å². The molecule has 0 spiro atoms. The van der Waals surface area contributed by atoms with Crippen molar-refractivity contribution in [2.75, 3.05) is 6.26 Å². The summed E-state index contributed by atoms with van der Waals surface area (Å²) >= 11 is 1.71. The molecule has 0 aliphatic carbocycles. The number of amides is 1. The molecule has 1 aromatic carbocycles. The average molecular weight is 275 g/mol. The van der Waals surface area contributed by atoms with Crippen molar-refractivity contribution in [1.82, 2.24) is 14.9 Å². The molecule has 4 nitrogen and oxygen atoms in total. The normalized spacial score (nSPS) is 10.4. The molecule has 19 heavy (non-hydrogen) atoms. The third kappa shape index (κ3) is 3.86. The van der Waals surface area contributed by atoms with Crippen LogP contribution < -0.4 is 5.32 Å². The topological polar surface area (TPSA) is 46.9 Å². The average Bonchev–Trinajstić information content (AvgIpc) is 2.82. The number of imidazole rings is 1. The van der Waals surface area contributed by atoms with Crippen molar-refractivity contribution >= 4 is 17.7 Å². The summed E-state index contributed by atoms with van der Waals surface area (Å²) in [5.74, 6) is 0.0116. The number of nitrogens with zero attached hydrogens (tertiary/aromatic N) is 2. The standard InChI is InChI=1S/C14H17N3OS/c1-17-10-15-9-12(17)7-14(18)16-8-11-3-5-13(19-2)6-4-11/h3-6,9-10H,7-8H2,1-2H3,(H,16,18). The van der Waals surface area contributed by atoms with Crippen molar-refractivity contribution < 1.29 is 4.79 Å². The summed E-state index contributed by atoms with van der Waals surface area (Å²) in [5.41, 5.74) is 2.02. The van der Waals surface area contributed by atoms with Gasteiger partial charge in [0.1, 0.15) is 0 Å². The molecule has 1 N–H and O–H groups in total. The first-order chi connectivity index (χ1) is 9.19. The molecule has 0 atom stereocenters. The van der Waals surface area contributed by atoms with Crippen molar-refractivity contribution in [3.05, 3.63) is 48.0 Å². The molecule has 0 fully saturated rings. The van der Waals surface area contributed by atoms with E-state index in [1.54, 1.807) is 24.3 Å². The molecule has 100 valence electrons. The molecular weight excluding hydrogens is 258 g/mol. The Hall–Kier alpha value is -1.75. The van der Waals surface area contributed by atoms with Gasteiger partial charge in [0, 0.05) is 30.4 Å². The van der Waals surface area contributed by atoms with E-state index in [4.69, 9.17) is 0 Å². The van der Waals surface area contributed by atoms with Crippen molar-refractivity contribution in [1.29, 1.82) is 0 Å². The quantitative estimate of drug-likeness (QED) is 0.849. The summed E-state index contributed by atoms with van der Waals surface area (Å²) in [6.45, 7) is 0.561. The summed E-state index contributed by atoms with van der Waals surface area (Å²) < 4.78 is 1.85. The summed E-state index contributed by atoms with van der Waals surface area (Å²) in [7, 11) is 1.89. The molecular formula is C14H17N3OS. The van der Waals surface area contributed by atoms with E-state index in [0.29, 0.717) is 13.0 Å². The maximum atomic E-state index is 11.8. The second-order valence-electron chi connectivity index (χ2n) is 4.30. The van der Waals surface area contributed by atoms with Crippen LogP contribution in [0.25, 0.3) is 0 Å². The van der Waals surface area contributed by atoms with E-state index in [1.165, 1.54) is 4.90 Å². The van der Waals surface area contributed by atoms with Crippen molar-refractivity contribution in [2.45, 2.75) is 17.9 Å². The minimum Gasteiger partial charge on any atom is -0.352 e. The van der Waals surface area contributed by atoms with Gasteiger partial charge in [0.25, 0.3) is 0 Å². The first kappa shape index (κ1) is 13.7. The Bertz CT molecular complexity index is 548. The lowest BCUT2D eigenvalue weighted by atomic mass is 10.2. The fraction of sp³-hybridized carbons (Fsp3) is 0.286. The number of carbonyl (C=O) groups excluding carboxylic acids is 1. The second-order valence-corrected chi connectivity index (χ2v) is 5.18. The van der Waals surface area contributed by atoms with E-state index in [0.717, 1.165) is 11.3 Å². The second kappa shape index (κ2) is 6.43. The Morgan fingerprint density at radius 1 is 1.37 bits per heavy atom. The fourth-order valence-electron chi connectivity index (χ4n) is 1.73. The molecule has 0 unspecified atom stereocenters. The molecule has 1 amide bonds. The first-order valence-corrected chi connectivity index (χ1v) is 7.26. The summed E-state index contributed by atoms with van der Waals surface area (Å²) in [6.07, 6.45) is 5.82. The summed E-state index contributed by atoms with van der Waals surface area (Å²) in [4.78, 5) is 17.0. The summed E-state index contributed by atoms with van der Waals surface area (Å²) in [6, 6.07) is 8.20. The lowest BCUT2D eigenvalue weighted by Gasteiger charge is -2.06. The van der Waals surface area contributed by atoms with Crippen LogP contribution in [0.5, 0.6) is 0 Å². The molecule has 5 heteroatoms. The lowest BCUT2D eigenvalue weighted by Crippen LogP contribution is -2.25. The molecule has 0 saturated heterocycles. The minimum atomic E-state index is 0.0116. The molecule has 0 aliphatic rings. The van der Waals surface area contributed by atoms with Crippen LogP contribution in [0, 0.1) is 0 Å². The molecule has 1 aromatic heterocycles. The van der Waals surface area contributed by atoms with Crippen LogP contribution in [0.4, 0.5) is 0 Å². The van der Waals surface area contributed by atoms with Crippen molar-refractivity contribution in [3.63, 3.8) is 0 Å². The zero-order chi connectivity index (χ0) is 13.7. The van der Waals surface area contributed by atoms with E-state index < -0.39 is 0 Å². The van der Waals surface area contributed by atoms with Crippen LogP contribution in [-0.2, 0) is 24.8 Å². The third-order valence-electron chi connectivity index (χ3n) is 2.91. The van der Waals surface area contributed by atoms with Crippen LogP contribution in [0.1, 0.15) is 11.3 Å². The number of nitrogens with one attached hydrogen (secondary N) is 1. The predicted molar refractivity (Wildman–Crippen MR) is 77.0 cm³/mol. The molecule has 0 bridgehead atoms. The van der Waals surface area contributed by atoms with Crippen molar-refractivity contribution in [2.24, 2.45) is 7.05 Å². The van der Waals surface area contributed by atoms with E-state index >= 15 is 0 Å². The third-order valence-corrected chi connectivity index (χ3v) is 3.65. The van der Waals surface area contributed by atoms with E-state index in [1.807, 2.05) is 30.0 Å². The van der Waals surface area contributed by atoms with Gasteiger partial charge in [-0.2, -0.15) is 0 Å². The molecule has 2 aromatic rings. The van der Waals surface area contributed by atoms with Gasteiger partial charge in [0.05, 0.1) is 12.7 Å². The number of aromatic nitrogens is 2.